The predicted octanol–water partition coefficient (Wildman–Crippen LogP) is 3.88. The van der Waals surface area contributed by atoms with Gasteiger partial charge in [0.2, 0.25) is 0 Å². The van der Waals surface area contributed by atoms with E-state index in [1.54, 1.807) is 29.1 Å². The first-order valence-corrected chi connectivity index (χ1v) is 8.06. The standard InChI is InChI=1S/C13H12N4O2S2/c1-8(13-14-4-5-20-13)6-15-9-2-3-10-11(16-7-21-10)12(9)17(18)19/h2-5,7-8,15H,6H2,1H3. The lowest BCUT2D eigenvalue weighted by Crippen LogP contribution is -2.11. The number of anilines is 1. The summed E-state index contributed by atoms with van der Waals surface area (Å²) in [6.45, 7) is 2.63. The molecule has 0 saturated carbocycles. The molecule has 1 atom stereocenters. The molecule has 0 spiro atoms. The topological polar surface area (TPSA) is 81.0 Å². The van der Waals surface area contributed by atoms with Gasteiger partial charge in [0, 0.05) is 24.0 Å². The van der Waals surface area contributed by atoms with Gasteiger partial charge >= 0.3 is 5.69 Å². The molecule has 0 saturated heterocycles. The van der Waals surface area contributed by atoms with Gasteiger partial charge in [-0.25, -0.2) is 9.97 Å². The highest BCUT2D eigenvalue weighted by molar-refractivity contribution is 7.16. The summed E-state index contributed by atoms with van der Waals surface area (Å²) in [5, 5.41) is 17.4. The van der Waals surface area contributed by atoms with Crippen LogP contribution in [0.3, 0.4) is 0 Å². The third-order valence-corrected chi connectivity index (χ3v) is 4.93. The predicted molar refractivity (Wildman–Crippen MR) is 85.3 cm³/mol. The van der Waals surface area contributed by atoms with Crippen molar-refractivity contribution in [3.8, 4) is 0 Å². The smallest absolute Gasteiger partial charge is 0.319 e. The summed E-state index contributed by atoms with van der Waals surface area (Å²) in [7, 11) is 0. The van der Waals surface area contributed by atoms with Crippen LogP contribution in [0.25, 0.3) is 10.2 Å². The summed E-state index contributed by atoms with van der Waals surface area (Å²) in [4.78, 5) is 19.3. The maximum atomic E-state index is 11.3. The third kappa shape index (κ3) is 2.72. The van der Waals surface area contributed by atoms with Crippen LogP contribution in [0, 0.1) is 10.1 Å². The minimum absolute atomic E-state index is 0.0417. The van der Waals surface area contributed by atoms with Gasteiger partial charge in [0.05, 0.1) is 20.1 Å². The fraction of sp³-hybridized carbons (Fsp3) is 0.231. The number of nitro groups is 1. The molecule has 108 valence electrons. The monoisotopic (exact) mass is 320 g/mol. The zero-order chi connectivity index (χ0) is 14.8. The lowest BCUT2D eigenvalue weighted by Gasteiger charge is -2.11. The molecule has 8 heteroatoms. The van der Waals surface area contributed by atoms with Crippen molar-refractivity contribution in [1.82, 2.24) is 9.97 Å². The Hall–Kier alpha value is -2.06. The van der Waals surface area contributed by atoms with Gasteiger partial charge < -0.3 is 5.32 Å². The second kappa shape index (κ2) is 5.74. The second-order valence-corrected chi connectivity index (χ2v) is 6.38. The lowest BCUT2D eigenvalue weighted by molar-refractivity contribution is -0.382. The Morgan fingerprint density at radius 3 is 2.95 bits per heavy atom. The highest BCUT2D eigenvalue weighted by Crippen LogP contribution is 2.34. The van der Waals surface area contributed by atoms with Gasteiger partial charge in [-0.3, -0.25) is 10.1 Å². The van der Waals surface area contributed by atoms with Gasteiger partial charge in [-0.15, -0.1) is 22.7 Å². The van der Waals surface area contributed by atoms with Crippen LogP contribution in [0.1, 0.15) is 17.8 Å². The molecule has 1 unspecified atom stereocenters. The van der Waals surface area contributed by atoms with Crippen molar-refractivity contribution in [2.75, 3.05) is 11.9 Å². The molecule has 3 aromatic rings. The van der Waals surface area contributed by atoms with E-state index < -0.39 is 0 Å². The molecule has 0 amide bonds. The van der Waals surface area contributed by atoms with E-state index in [9.17, 15) is 10.1 Å². The normalized spacial score (nSPS) is 12.4. The van der Waals surface area contributed by atoms with Crippen LogP contribution in [-0.4, -0.2) is 21.4 Å². The molecular weight excluding hydrogens is 308 g/mol. The number of hydrogen-bond donors (Lipinski definition) is 1. The molecule has 1 aromatic carbocycles. The summed E-state index contributed by atoms with van der Waals surface area (Å²) in [5.74, 6) is 0.190. The van der Waals surface area contributed by atoms with Crippen LogP contribution in [0.4, 0.5) is 11.4 Å². The first-order chi connectivity index (χ1) is 10.2. The quantitative estimate of drug-likeness (QED) is 0.570. The molecule has 6 nitrogen and oxygen atoms in total. The lowest BCUT2D eigenvalue weighted by atomic mass is 10.2. The number of nitro benzene ring substituents is 1. The summed E-state index contributed by atoms with van der Waals surface area (Å²) in [5.41, 5.74) is 2.61. The van der Waals surface area contributed by atoms with Gasteiger partial charge in [0.25, 0.3) is 0 Å². The largest absolute Gasteiger partial charge is 0.379 e. The van der Waals surface area contributed by atoms with Gasteiger partial charge in [-0.2, -0.15) is 0 Å². The summed E-state index contributed by atoms with van der Waals surface area (Å²) < 4.78 is 0.820. The van der Waals surface area contributed by atoms with Crippen molar-refractivity contribution in [3.05, 3.63) is 44.3 Å². The highest BCUT2D eigenvalue weighted by atomic mass is 32.1. The number of nitrogens with zero attached hydrogens (tertiary/aromatic N) is 3. The van der Waals surface area contributed by atoms with Crippen LogP contribution in [0.5, 0.6) is 0 Å². The number of rotatable bonds is 5. The van der Waals surface area contributed by atoms with Crippen molar-refractivity contribution in [1.29, 1.82) is 0 Å². The molecule has 2 aromatic heterocycles. The molecule has 21 heavy (non-hydrogen) atoms. The molecule has 0 aliphatic rings. The Kier molecular flexibility index (Phi) is 3.80. The average molecular weight is 320 g/mol. The number of fused-ring (bicyclic) bond motifs is 1. The Bertz CT molecular complexity index is 770. The van der Waals surface area contributed by atoms with E-state index in [2.05, 4.69) is 15.3 Å². The second-order valence-electron chi connectivity index (χ2n) is 4.57. The Morgan fingerprint density at radius 2 is 2.24 bits per heavy atom. The molecule has 1 N–H and O–H groups in total. The van der Waals surface area contributed by atoms with Gasteiger partial charge in [0.15, 0.2) is 5.52 Å². The zero-order valence-corrected chi connectivity index (χ0v) is 12.8. The van der Waals surface area contributed by atoms with E-state index in [1.807, 2.05) is 18.4 Å². The average Bonchev–Trinajstić information content (AvgIpc) is 3.14. The van der Waals surface area contributed by atoms with Crippen LogP contribution in [-0.2, 0) is 0 Å². The number of benzene rings is 1. The van der Waals surface area contributed by atoms with E-state index in [1.165, 1.54) is 11.3 Å². The van der Waals surface area contributed by atoms with E-state index in [4.69, 9.17) is 0 Å². The van der Waals surface area contributed by atoms with Crippen LogP contribution in [0.15, 0.2) is 29.2 Å². The molecule has 0 radical (unpaired) electrons. The van der Waals surface area contributed by atoms with Crippen molar-refractivity contribution < 1.29 is 4.92 Å². The van der Waals surface area contributed by atoms with E-state index in [0.717, 1.165) is 9.71 Å². The Labute approximate surface area is 128 Å². The summed E-state index contributed by atoms with van der Waals surface area (Å²) >= 11 is 2.98. The molecular formula is C13H12N4O2S2. The van der Waals surface area contributed by atoms with Crippen molar-refractivity contribution in [2.24, 2.45) is 0 Å². The number of aromatic nitrogens is 2. The minimum Gasteiger partial charge on any atom is -0.379 e. The molecule has 0 aliphatic carbocycles. The molecule has 0 aliphatic heterocycles. The van der Waals surface area contributed by atoms with Crippen LogP contribution >= 0.6 is 22.7 Å². The van der Waals surface area contributed by atoms with Crippen molar-refractivity contribution >= 4 is 44.3 Å². The van der Waals surface area contributed by atoms with Crippen molar-refractivity contribution in [3.63, 3.8) is 0 Å². The molecule has 0 fully saturated rings. The van der Waals surface area contributed by atoms with Gasteiger partial charge in [0.1, 0.15) is 5.69 Å². The molecule has 3 rings (SSSR count). The summed E-state index contributed by atoms with van der Waals surface area (Å²) in [6, 6.07) is 3.60. The fourth-order valence-electron chi connectivity index (χ4n) is 2.07. The SMILES string of the molecule is CC(CNc1ccc2scnc2c1[N+](=O)[O-])c1nccs1. The molecule has 0 bridgehead atoms. The summed E-state index contributed by atoms with van der Waals surface area (Å²) in [6.07, 6.45) is 1.76. The van der Waals surface area contributed by atoms with E-state index in [-0.39, 0.29) is 16.5 Å². The third-order valence-electron chi connectivity index (χ3n) is 3.13. The zero-order valence-electron chi connectivity index (χ0n) is 11.1. The first kappa shape index (κ1) is 13.9. The number of nitrogens with one attached hydrogen (secondary N) is 1. The fourth-order valence-corrected chi connectivity index (χ4v) is 3.45. The van der Waals surface area contributed by atoms with Gasteiger partial charge in [-0.05, 0) is 12.1 Å². The maximum Gasteiger partial charge on any atom is 0.319 e. The molecule has 2 heterocycles. The van der Waals surface area contributed by atoms with Gasteiger partial charge in [-0.1, -0.05) is 6.92 Å². The van der Waals surface area contributed by atoms with E-state index >= 15 is 0 Å². The van der Waals surface area contributed by atoms with Crippen molar-refractivity contribution in [2.45, 2.75) is 12.8 Å². The van der Waals surface area contributed by atoms with Crippen LogP contribution < -0.4 is 5.32 Å². The maximum absolute atomic E-state index is 11.3. The van der Waals surface area contributed by atoms with Crippen LogP contribution in [0.2, 0.25) is 0 Å². The van der Waals surface area contributed by atoms with E-state index in [0.29, 0.717) is 17.7 Å². The minimum atomic E-state index is -0.377. The number of hydrogen-bond acceptors (Lipinski definition) is 7. The Morgan fingerprint density at radius 1 is 1.38 bits per heavy atom. The Balaban J connectivity index is 1.86. The highest BCUT2D eigenvalue weighted by Gasteiger charge is 2.21. The number of thiazole rings is 2. The first-order valence-electron chi connectivity index (χ1n) is 6.30.